The van der Waals surface area contributed by atoms with E-state index in [1.807, 2.05) is 37.6 Å². The third kappa shape index (κ3) is 3.25. The molecule has 0 amide bonds. The molecule has 0 aliphatic rings. The first-order chi connectivity index (χ1) is 8.19. The van der Waals surface area contributed by atoms with Crippen LogP contribution in [0.4, 0.5) is 0 Å². The van der Waals surface area contributed by atoms with Gasteiger partial charge in [-0.15, -0.1) is 0 Å². The first-order valence-corrected chi connectivity index (χ1v) is 6.53. The largest absolute Gasteiger partial charge is 0.330 e. The van der Waals surface area contributed by atoms with E-state index in [-0.39, 0.29) is 0 Å². The monoisotopic (exact) mass is 267 g/mol. The Hall–Kier alpha value is -0.970. The molecule has 0 saturated carbocycles. The van der Waals surface area contributed by atoms with Crippen molar-refractivity contribution >= 4 is 23.4 Å². The van der Waals surface area contributed by atoms with Crippen molar-refractivity contribution in [2.75, 3.05) is 6.54 Å². The van der Waals surface area contributed by atoms with Crippen molar-refractivity contribution in [2.45, 2.75) is 16.2 Å². The minimum absolute atomic E-state index is 0.626. The zero-order chi connectivity index (χ0) is 12.3. The van der Waals surface area contributed by atoms with Gasteiger partial charge in [0.1, 0.15) is 0 Å². The van der Waals surface area contributed by atoms with Gasteiger partial charge in [0.25, 0.3) is 0 Å². The summed E-state index contributed by atoms with van der Waals surface area (Å²) in [6, 6.07) is 5.92. The van der Waals surface area contributed by atoms with Gasteiger partial charge in [0.15, 0.2) is 0 Å². The fourth-order valence-electron chi connectivity index (χ4n) is 1.58. The maximum Gasteiger partial charge on any atom is 0.0629 e. The summed E-state index contributed by atoms with van der Waals surface area (Å²) in [6.07, 6.45) is 4.68. The molecular weight excluding hydrogens is 254 g/mol. The van der Waals surface area contributed by atoms with E-state index >= 15 is 0 Å². The lowest BCUT2D eigenvalue weighted by atomic mass is 10.1. The normalized spacial score (nSPS) is 10.8. The summed E-state index contributed by atoms with van der Waals surface area (Å²) < 4.78 is 1.79. The predicted octanol–water partition coefficient (Wildman–Crippen LogP) is 2.73. The van der Waals surface area contributed by atoms with E-state index in [1.165, 1.54) is 10.5 Å². The molecule has 0 bridgehead atoms. The van der Waals surface area contributed by atoms with E-state index in [2.05, 4.69) is 5.10 Å². The van der Waals surface area contributed by atoms with Gasteiger partial charge in [-0.1, -0.05) is 23.4 Å². The number of nitrogens with zero attached hydrogens (tertiary/aromatic N) is 2. The molecule has 0 spiro atoms. The second-order valence-electron chi connectivity index (χ2n) is 3.74. The second kappa shape index (κ2) is 5.58. The van der Waals surface area contributed by atoms with E-state index in [9.17, 15) is 0 Å². The van der Waals surface area contributed by atoms with Gasteiger partial charge in [-0.25, -0.2) is 0 Å². The van der Waals surface area contributed by atoms with Crippen molar-refractivity contribution < 1.29 is 0 Å². The highest BCUT2D eigenvalue weighted by atomic mass is 35.5. The van der Waals surface area contributed by atoms with Crippen LogP contribution in [0.2, 0.25) is 5.02 Å². The van der Waals surface area contributed by atoms with Crippen LogP contribution in [-0.2, 0) is 13.5 Å². The highest BCUT2D eigenvalue weighted by molar-refractivity contribution is 7.99. The van der Waals surface area contributed by atoms with Gasteiger partial charge in [0.2, 0.25) is 0 Å². The molecule has 0 aliphatic carbocycles. The standard InChI is InChI=1S/C12H14ClN3S/c1-16-8-11(7-15-16)17-12-3-2-10(13)6-9(12)4-5-14/h2-3,6-8H,4-5,14H2,1H3. The van der Waals surface area contributed by atoms with Gasteiger partial charge in [-0.2, -0.15) is 5.10 Å². The fourth-order valence-corrected chi connectivity index (χ4v) is 2.76. The van der Waals surface area contributed by atoms with E-state index < -0.39 is 0 Å². The van der Waals surface area contributed by atoms with E-state index in [1.54, 1.807) is 16.4 Å². The summed E-state index contributed by atoms with van der Waals surface area (Å²) in [5.74, 6) is 0. The lowest BCUT2D eigenvalue weighted by Crippen LogP contribution is -2.03. The molecule has 2 rings (SSSR count). The highest BCUT2D eigenvalue weighted by Gasteiger charge is 2.06. The van der Waals surface area contributed by atoms with Crippen molar-refractivity contribution in [1.29, 1.82) is 0 Å². The number of aryl methyl sites for hydroxylation is 1. The van der Waals surface area contributed by atoms with Crippen LogP contribution >= 0.6 is 23.4 Å². The van der Waals surface area contributed by atoms with Gasteiger partial charge in [0.05, 0.1) is 11.1 Å². The molecule has 0 atom stereocenters. The Morgan fingerprint density at radius 3 is 2.94 bits per heavy atom. The van der Waals surface area contributed by atoms with Crippen LogP contribution in [0.1, 0.15) is 5.56 Å². The average Bonchev–Trinajstić information content (AvgIpc) is 2.69. The molecule has 90 valence electrons. The molecule has 17 heavy (non-hydrogen) atoms. The molecule has 1 aromatic carbocycles. The minimum atomic E-state index is 0.626. The lowest BCUT2D eigenvalue weighted by Gasteiger charge is -2.07. The molecular formula is C12H14ClN3S. The summed E-state index contributed by atoms with van der Waals surface area (Å²) >= 11 is 7.68. The van der Waals surface area contributed by atoms with Crippen molar-refractivity contribution in [3.05, 3.63) is 41.2 Å². The van der Waals surface area contributed by atoms with Crippen molar-refractivity contribution in [1.82, 2.24) is 9.78 Å². The maximum absolute atomic E-state index is 5.99. The number of rotatable bonds is 4. The molecule has 1 aromatic heterocycles. The smallest absolute Gasteiger partial charge is 0.0629 e. The Labute approximate surface area is 110 Å². The van der Waals surface area contributed by atoms with Crippen molar-refractivity contribution in [3.8, 4) is 0 Å². The Morgan fingerprint density at radius 1 is 1.47 bits per heavy atom. The number of nitrogens with two attached hydrogens (primary N) is 1. The number of hydrogen-bond donors (Lipinski definition) is 1. The number of aromatic nitrogens is 2. The summed E-state index contributed by atoms with van der Waals surface area (Å²) in [5, 5.41) is 4.90. The number of hydrogen-bond acceptors (Lipinski definition) is 3. The van der Waals surface area contributed by atoms with Crippen LogP contribution in [0.5, 0.6) is 0 Å². The zero-order valence-electron chi connectivity index (χ0n) is 9.56. The Bertz CT molecular complexity index is 510. The van der Waals surface area contributed by atoms with E-state index in [0.717, 1.165) is 16.3 Å². The summed E-state index contributed by atoms with van der Waals surface area (Å²) in [6.45, 7) is 0.626. The summed E-state index contributed by atoms with van der Waals surface area (Å²) in [7, 11) is 1.91. The van der Waals surface area contributed by atoms with E-state index in [4.69, 9.17) is 17.3 Å². The van der Waals surface area contributed by atoms with Gasteiger partial charge in [-0.05, 0) is 36.7 Å². The fraction of sp³-hybridized carbons (Fsp3) is 0.250. The lowest BCUT2D eigenvalue weighted by molar-refractivity contribution is 0.766. The Kier molecular flexibility index (Phi) is 4.10. The second-order valence-corrected chi connectivity index (χ2v) is 5.29. The minimum Gasteiger partial charge on any atom is -0.330 e. The van der Waals surface area contributed by atoms with Crippen LogP contribution in [0.15, 0.2) is 40.4 Å². The Balaban J connectivity index is 2.25. The molecule has 2 N–H and O–H groups in total. The zero-order valence-corrected chi connectivity index (χ0v) is 11.1. The van der Waals surface area contributed by atoms with Gasteiger partial charge >= 0.3 is 0 Å². The van der Waals surface area contributed by atoms with E-state index in [0.29, 0.717) is 6.54 Å². The average molecular weight is 268 g/mol. The third-order valence-electron chi connectivity index (χ3n) is 2.35. The molecule has 0 fully saturated rings. The quantitative estimate of drug-likeness (QED) is 0.926. The molecule has 1 heterocycles. The van der Waals surface area contributed by atoms with Gasteiger partial charge in [0, 0.05) is 23.2 Å². The van der Waals surface area contributed by atoms with Crippen LogP contribution in [0.3, 0.4) is 0 Å². The van der Waals surface area contributed by atoms with Crippen LogP contribution in [-0.4, -0.2) is 16.3 Å². The first kappa shape index (κ1) is 12.5. The highest BCUT2D eigenvalue weighted by Crippen LogP contribution is 2.31. The predicted molar refractivity (Wildman–Crippen MR) is 71.5 cm³/mol. The molecule has 5 heteroatoms. The van der Waals surface area contributed by atoms with Crippen LogP contribution in [0.25, 0.3) is 0 Å². The van der Waals surface area contributed by atoms with Crippen molar-refractivity contribution in [3.63, 3.8) is 0 Å². The van der Waals surface area contributed by atoms with Crippen molar-refractivity contribution in [2.24, 2.45) is 12.8 Å². The van der Waals surface area contributed by atoms with Gasteiger partial charge < -0.3 is 5.73 Å². The SMILES string of the molecule is Cn1cc(Sc2ccc(Cl)cc2CCN)cn1. The third-order valence-corrected chi connectivity index (χ3v) is 3.65. The number of benzene rings is 1. The Morgan fingerprint density at radius 2 is 2.29 bits per heavy atom. The number of halogens is 1. The summed E-state index contributed by atoms with van der Waals surface area (Å²) in [5.41, 5.74) is 6.80. The van der Waals surface area contributed by atoms with Crippen LogP contribution in [0, 0.1) is 0 Å². The molecule has 0 unspecified atom stereocenters. The van der Waals surface area contributed by atoms with Gasteiger partial charge in [-0.3, -0.25) is 4.68 Å². The maximum atomic E-state index is 5.99. The first-order valence-electron chi connectivity index (χ1n) is 5.34. The molecule has 0 saturated heterocycles. The summed E-state index contributed by atoms with van der Waals surface area (Å²) in [4.78, 5) is 2.31. The molecule has 3 nitrogen and oxygen atoms in total. The topological polar surface area (TPSA) is 43.8 Å². The molecule has 2 aromatic rings. The molecule has 0 aliphatic heterocycles. The molecule has 0 radical (unpaired) electrons. The van der Waals surface area contributed by atoms with Crippen LogP contribution < -0.4 is 5.73 Å².